The summed E-state index contributed by atoms with van der Waals surface area (Å²) in [7, 11) is 0.423. The molecular weight excluding hydrogens is 94.1 g/mol. The first-order valence-corrected chi connectivity index (χ1v) is 2.84. The van der Waals surface area contributed by atoms with Crippen molar-refractivity contribution in [2.75, 3.05) is 0 Å². The van der Waals surface area contributed by atoms with Gasteiger partial charge in [0.1, 0.15) is 0 Å². The molecule has 0 aromatic rings. The lowest BCUT2D eigenvalue weighted by atomic mass is 11.0. The zero-order valence-corrected chi connectivity index (χ0v) is 4.55. The predicted octanol–water partition coefficient (Wildman–Crippen LogP) is 1.35. The van der Waals surface area contributed by atoms with Crippen LogP contribution in [0.15, 0.2) is 4.78 Å². The molecule has 0 amide bonds. The van der Waals surface area contributed by atoms with E-state index in [1.807, 2.05) is 6.92 Å². The van der Waals surface area contributed by atoms with E-state index in [4.69, 9.17) is 5.53 Å². The standard InChI is InChI=1S/C2H5N3Si/c1-2-6-5-4-3/h2H2,1H3. The summed E-state index contributed by atoms with van der Waals surface area (Å²) in [5.41, 5.74) is 7.66. The zero-order valence-electron chi connectivity index (χ0n) is 3.55. The molecule has 0 aromatic carbocycles. The van der Waals surface area contributed by atoms with Crippen molar-refractivity contribution in [3.63, 3.8) is 0 Å². The average molecular weight is 99.2 g/mol. The molecule has 0 atom stereocenters. The fraction of sp³-hybridized carbons (Fsp3) is 1.00. The minimum atomic E-state index is 0.423. The molecule has 32 valence electrons. The molecule has 0 aliphatic rings. The van der Waals surface area contributed by atoms with E-state index < -0.39 is 0 Å². The Balaban J connectivity index is 2.86. The normalized spacial score (nSPS) is 6.83. The van der Waals surface area contributed by atoms with Crippen molar-refractivity contribution in [1.82, 2.24) is 0 Å². The molecule has 0 N–H and O–H groups in total. The van der Waals surface area contributed by atoms with Gasteiger partial charge in [0.2, 0.25) is 0 Å². The van der Waals surface area contributed by atoms with Crippen molar-refractivity contribution < 1.29 is 0 Å². The molecule has 2 radical (unpaired) electrons. The third-order valence-electron chi connectivity index (χ3n) is 0.274. The van der Waals surface area contributed by atoms with Crippen LogP contribution in [0.3, 0.4) is 0 Å². The summed E-state index contributed by atoms with van der Waals surface area (Å²) in [5, 5.41) is 0. The number of rotatable bonds is 2. The summed E-state index contributed by atoms with van der Waals surface area (Å²) in [6, 6.07) is 0.962. The van der Waals surface area contributed by atoms with Gasteiger partial charge in [-0.3, -0.25) is 0 Å². The van der Waals surface area contributed by atoms with Gasteiger partial charge in [-0.1, -0.05) is 13.0 Å². The fourth-order valence-electron chi connectivity index (χ4n) is 0.102. The molecule has 0 rings (SSSR count). The fourth-order valence-corrected chi connectivity index (χ4v) is 0.307. The second kappa shape index (κ2) is 4.53. The van der Waals surface area contributed by atoms with Gasteiger partial charge in [-0.25, -0.2) is 0 Å². The summed E-state index contributed by atoms with van der Waals surface area (Å²) in [6.45, 7) is 1.98. The van der Waals surface area contributed by atoms with Crippen LogP contribution in [0.2, 0.25) is 6.04 Å². The van der Waals surface area contributed by atoms with Crippen LogP contribution >= 0.6 is 0 Å². The first-order chi connectivity index (χ1) is 2.91. The van der Waals surface area contributed by atoms with Gasteiger partial charge in [-0.05, 0) is 10.4 Å². The third kappa shape index (κ3) is 3.53. The van der Waals surface area contributed by atoms with E-state index >= 15 is 0 Å². The second-order valence-corrected chi connectivity index (χ2v) is 1.92. The van der Waals surface area contributed by atoms with Crippen LogP contribution in [0.1, 0.15) is 6.92 Å². The van der Waals surface area contributed by atoms with Crippen LogP contribution < -0.4 is 0 Å². The number of nitrogens with zero attached hydrogens (tertiary/aromatic N) is 3. The highest BCUT2D eigenvalue weighted by Crippen LogP contribution is 1.72. The van der Waals surface area contributed by atoms with E-state index in [0.717, 1.165) is 6.04 Å². The Bertz CT molecular complexity index is 65.2. The molecule has 0 aromatic heterocycles. The molecule has 3 nitrogen and oxygen atoms in total. The quantitative estimate of drug-likeness (QED) is 0.217. The number of hydrogen-bond acceptors (Lipinski definition) is 1. The van der Waals surface area contributed by atoms with E-state index in [-0.39, 0.29) is 0 Å². The smallest absolute Gasteiger partial charge is 0.130 e. The van der Waals surface area contributed by atoms with Crippen LogP contribution in [0, 0.1) is 0 Å². The Morgan fingerprint density at radius 3 is 2.83 bits per heavy atom. The maximum atomic E-state index is 7.66. The first kappa shape index (κ1) is 5.53. The zero-order chi connectivity index (χ0) is 4.83. The molecule has 0 unspecified atom stereocenters. The first-order valence-electron chi connectivity index (χ1n) is 1.68. The maximum absolute atomic E-state index is 7.66. The van der Waals surface area contributed by atoms with E-state index in [0.29, 0.717) is 9.68 Å². The Hall–Kier alpha value is -0.473. The van der Waals surface area contributed by atoms with Gasteiger partial charge in [-0.2, -0.15) is 0 Å². The van der Waals surface area contributed by atoms with Crippen molar-refractivity contribution in [3.05, 3.63) is 10.4 Å². The molecule has 6 heavy (non-hydrogen) atoms. The van der Waals surface area contributed by atoms with Gasteiger partial charge >= 0.3 is 0 Å². The van der Waals surface area contributed by atoms with Crippen LogP contribution in [0.5, 0.6) is 0 Å². The van der Waals surface area contributed by atoms with Crippen LogP contribution in [-0.2, 0) is 0 Å². The molecular formula is C2H5N3Si. The van der Waals surface area contributed by atoms with E-state index in [1.54, 1.807) is 0 Å². The lowest BCUT2D eigenvalue weighted by molar-refractivity contribution is 1.42. The topological polar surface area (TPSA) is 48.8 Å². The van der Waals surface area contributed by atoms with Gasteiger partial charge in [0, 0.05) is 0 Å². The van der Waals surface area contributed by atoms with Crippen molar-refractivity contribution in [2.24, 2.45) is 4.78 Å². The van der Waals surface area contributed by atoms with Crippen LogP contribution in [-0.4, -0.2) is 9.68 Å². The molecule has 4 heteroatoms. The summed E-state index contributed by atoms with van der Waals surface area (Å²) in [5.74, 6) is 0. The molecule has 0 heterocycles. The number of azide groups is 1. The van der Waals surface area contributed by atoms with Gasteiger partial charge < -0.3 is 0 Å². The third-order valence-corrected chi connectivity index (χ3v) is 0.821. The van der Waals surface area contributed by atoms with Crippen LogP contribution in [0.4, 0.5) is 0 Å². The van der Waals surface area contributed by atoms with Crippen LogP contribution in [0.25, 0.3) is 10.4 Å². The van der Waals surface area contributed by atoms with Crippen molar-refractivity contribution in [2.45, 2.75) is 13.0 Å². The van der Waals surface area contributed by atoms with E-state index in [1.165, 1.54) is 0 Å². The summed E-state index contributed by atoms with van der Waals surface area (Å²) < 4.78 is 3.30. The highest BCUT2D eigenvalue weighted by Gasteiger charge is 1.69. The SMILES string of the molecule is CC[Si]N=[N+]=[N-]. The van der Waals surface area contributed by atoms with Crippen molar-refractivity contribution in [3.8, 4) is 0 Å². The molecule has 0 spiro atoms. The second-order valence-electron chi connectivity index (χ2n) is 0.701. The molecule has 0 aliphatic heterocycles. The van der Waals surface area contributed by atoms with E-state index in [2.05, 4.69) is 9.69 Å². The summed E-state index contributed by atoms with van der Waals surface area (Å²) >= 11 is 0. The molecule has 0 aliphatic carbocycles. The Labute approximate surface area is 38.9 Å². The largest absolute Gasteiger partial charge is 0.150 e. The van der Waals surface area contributed by atoms with Crippen molar-refractivity contribution >= 4 is 9.68 Å². The lowest BCUT2D eigenvalue weighted by Crippen LogP contribution is -1.72. The minimum Gasteiger partial charge on any atom is -0.130 e. The monoisotopic (exact) mass is 99.0 g/mol. The average Bonchev–Trinajstić information content (AvgIpc) is 1.61. The molecule has 0 fully saturated rings. The Kier molecular flexibility index (Phi) is 4.17. The summed E-state index contributed by atoms with van der Waals surface area (Å²) in [6.07, 6.45) is 0. The van der Waals surface area contributed by atoms with Gasteiger partial charge in [-0.15, -0.1) is 4.78 Å². The molecule has 0 saturated carbocycles. The highest BCUT2D eigenvalue weighted by atomic mass is 28.2. The maximum Gasteiger partial charge on any atom is 0.150 e. The molecule has 0 saturated heterocycles. The Morgan fingerprint density at radius 1 is 2.00 bits per heavy atom. The van der Waals surface area contributed by atoms with Gasteiger partial charge in [0.15, 0.2) is 9.68 Å². The van der Waals surface area contributed by atoms with Gasteiger partial charge in [0.05, 0.1) is 0 Å². The highest BCUT2D eigenvalue weighted by molar-refractivity contribution is 6.32. The van der Waals surface area contributed by atoms with Gasteiger partial charge in [0.25, 0.3) is 0 Å². The Morgan fingerprint density at radius 2 is 2.67 bits per heavy atom. The minimum absolute atomic E-state index is 0.423. The van der Waals surface area contributed by atoms with E-state index in [9.17, 15) is 0 Å². The molecule has 0 bridgehead atoms. The summed E-state index contributed by atoms with van der Waals surface area (Å²) in [4.78, 5) is 2.56. The number of hydrogen-bond donors (Lipinski definition) is 0. The predicted molar refractivity (Wildman–Crippen MR) is 25.4 cm³/mol. The van der Waals surface area contributed by atoms with Crippen molar-refractivity contribution in [1.29, 1.82) is 0 Å². The lowest BCUT2D eigenvalue weighted by Gasteiger charge is -1.68.